The zero-order valence-electron chi connectivity index (χ0n) is 10.1. The largest absolute Gasteiger partial charge is 0.467 e. The van der Waals surface area contributed by atoms with E-state index in [0.717, 1.165) is 5.69 Å². The van der Waals surface area contributed by atoms with Crippen LogP contribution in [0.2, 0.25) is 0 Å². The molecule has 18 heavy (non-hydrogen) atoms. The summed E-state index contributed by atoms with van der Waals surface area (Å²) in [5.74, 6) is -0.992. The number of carbonyl (C=O) groups is 2. The van der Waals surface area contributed by atoms with Gasteiger partial charge in [-0.25, -0.2) is 4.79 Å². The number of hydrogen-bond acceptors (Lipinski definition) is 5. The molecule has 1 aromatic rings. The number of aliphatic hydroxyl groups is 1. The van der Waals surface area contributed by atoms with Crippen LogP contribution in [0.15, 0.2) is 24.4 Å². The Morgan fingerprint density at radius 3 is 2.83 bits per heavy atom. The maximum atomic E-state index is 11.5. The van der Waals surface area contributed by atoms with Crippen molar-refractivity contribution >= 4 is 11.9 Å². The Hall–Kier alpha value is -1.95. The number of nitrogens with zero attached hydrogens (tertiary/aromatic N) is 1. The number of methoxy groups -OCH3 is 1. The van der Waals surface area contributed by atoms with Gasteiger partial charge in [0, 0.05) is 18.3 Å². The fourth-order valence-electron chi connectivity index (χ4n) is 1.38. The average molecular weight is 252 g/mol. The molecule has 6 heteroatoms. The summed E-state index contributed by atoms with van der Waals surface area (Å²) in [6.07, 6.45) is 2.33. The standard InChI is InChI=1S/C12H16N2O4/c1-18-12(17)10(8-15)14-11(16)6-5-9-4-2-3-7-13-9/h2-4,7,10,15H,5-6,8H2,1H3,(H,14,16). The lowest BCUT2D eigenvalue weighted by Crippen LogP contribution is -2.44. The predicted molar refractivity (Wildman–Crippen MR) is 63.6 cm³/mol. The molecule has 1 rings (SSSR count). The molecule has 0 aliphatic rings. The molecule has 0 aromatic carbocycles. The molecular formula is C12H16N2O4. The quantitative estimate of drug-likeness (QED) is 0.676. The molecule has 0 saturated heterocycles. The van der Waals surface area contributed by atoms with Crippen molar-refractivity contribution in [3.05, 3.63) is 30.1 Å². The van der Waals surface area contributed by atoms with E-state index in [1.54, 1.807) is 12.3 Å². The fraction of sp³-hybridized carbons (Fsp3) is 0.417. The molecule has 0 fully saturated rings. The van der Waals surface area contributed by atoms with Gasteiger partial charge < -0.3 is 15.2 Å². The van der Waals surface area contributed by atoms with Crippen LogP contribution in [0, 0.1) is 0 Å². The molecule has 0 aliphatic carbocycles. The minimum absolute atomic E-state index is 0.199. The average Bonchev–Trinajstić information content (AvgIpc) is 2.42. The highest BCUT2D eigenvalue weighted by Crippen LogP contribution is 1.99. The molecule has 1 atom stereocenters. The first-order chi connectivity index (χ1) is 8.67. The fourth-order valence-corrected chi connectivity index (χ4v) is 1.38. The molecule has 6 nitrogen and oxygen atoms in total. The van der Waals surface area contributed by atoms with E-state index in [2.05, 4.69) is 15.0 Å². The number of carbonyl (C=O) groups excluding carboxylic acids is 2. The number of ether oxygens (including phenoxy) is 1. The molecule has 0 saturated carbocycles. The second kappa shape index (κ2) is 7.39. The molecule has 0 aliphatic heterocycles. The third-order valence-corrected chi connectivity index (χ3v) is 2.34. The number of nitrogens with one attached hydrogen (secondary N) is 1. The number of aryl methyl sites for hydroxylation is 1. The first kappa shape index (κ1) is 14.1. The summed E-state index contributed by atoms with van der Waals surface area (Å²) in [5, 5.41) is 11.3. The molecule has 2 N–H and O–H groups in total. The Morgan fingerprint density at radius 1 is 1.50 bits per heavy atom. The summed E-state index contributed by atoms with van der Waals surface area (Å²) in [7, 11) is 1.20. The van der Waals surface area contributed by atoms with Crippen molar-refractivity contribution in [2.75, 3.05) is 13.7 Å². The molecule has 1 unspecified atom stereocenters. The lowest BCUT2D eigenvalue weighted by Gasteiger charge is -2.13. The van der Waals surface area contributed by atoms with Crippen LogP contribution in [0.4, 0.5) is 0 Å². The Labute approximate surface area is 105 Å². The molecule has 98 valence electrons. The van der Waals surface area contributed by atoms with Gasteiger partial charge in [0.1, 0.15) is 0 Å². The number of aliphatic hydroxyl groups excluding tert-OH is 1. The van der Waals surface area contributed by atoms with Crippen LogP contribution in [0.1, 0.15) is 12.1 Å². The van der Waals surface area contributed by atoms with Gasteiger partial charge in [0.25, 0.3) is 0 Å². The van der Waals surface area contributed by atoms with Crippen LogP contribution in [-0.4, -0.2) is 41.7 Å². The maximum Gasteiger partial charge on any atom is 0.330 e. The Balaban J connectivity index is 2.39. The number of rotatable bonds is 6. The van der Waals surface area contributed by atoms with E-state index < -0.39 is 18.6 Å². The van der Waals surface area contributed by atoms with Crippen LogP contribution in [-0.2, 0) is 20.7 Å². The first-order valence-electron chi connectivity index (χ1n) is 5.55. The highest BCUT2D eigenvalue weighted by atomic mass is 16.5. The lowest BCUT2D eigenvalue weighted by atomic mass is 10.2. The third-order valence-electron chi connectivity index (χ3n) is 2.34. The van der Waals surface area contributed by atoms with E-state index in [-0.39, 0.29) is 12.3 Å². The van der Waals surface area contributed by atoms with Crippen LogP contribution >= 0.6 is 0 Å². The van der Waals surface area contributed by atoms with Gasteiger partial charge in [-0.05, 0) is 18.6 Å². The van der Waals surface area contributed by atoms with Crippen LogP contribution in [0.3, 0.4) is 0 Å². The van der Waals surface area contributed by atoms with Crippen molar-refractivity contribution in [2.24, 2.45) is 0 Å². The van der Waals surface area contributed by atoms with Crippen molar-refractivity contribution in [3.8, 4) is 0 Å². The van der Waals surface area contributed by atoms with Crippen molar-refractivity contribution in [1.29, 1.82) is 0 Å². The maximum absolute atomic E-state index is 11.5. The van der Waals surface area contributed by atoms with Gasteiger partial charge in [0.05, 0.1) is 13.7 Å². The summed E-state index contributed by atoms with van der Waals surface area (Å²) < 4.78 is 4.44. The minimum atomic E-state index is -1.01. The smallest absolute Gasteiger partial charge is 0.330 e. The summed E-state index contributed by atoms with van der Waals surface area (Å²) in [4.78, 5) is 26.8. The number of aromatic nitrogens is 1. The van der Waals surface area contributed by atoms with Gasteiger partial charge in [-0.3, -0.25) is 9.78 Å². The van der Waals surface area contributed by atoms with Gasteiger partial charge >= 0.3 is 5.97 Å². The Kier molecular flexibility index (Phi) is 5.79. The Morgan fingerprint density at radius 2 is 2.28 bits per heavy atom. The predicted octanol–water partition coefficient (Wildman–Crippen LogP) is -0.336. The number of pyridine rings is 1. The zero-order valence-corrected chi connectivity index (χ0v) is 10.1. The molecule has 1 amide bonds. The normalized spacial score (nSPS) is 11.7. The number of amides is 1. The van der Waals surface area contributed by atoms with Crippen LogP contribution < -0.4 is 5.32 Å². The molecule has 1 heterocycles. The van der Waals surface area contributed by atoms with Crippen LogP contribution in [0.5, 0.6) is 0 Å². The first-order valence-corrected chi connectivity index (χ1v) is 5.55. The second-order valence-electron chi connectivity index (χ2n) is 3.65. The van der Waals surface area contributed by atoms with E-state index in [9.17, 15) is 9.59 Å². The van der Waals surface area contributed by atoms with E-state index in [4.69, 9.17) is 5.11 Å². The van der Waals surface area contributed by atoms with Crippen molar-refractivity contribution < 1.29 is 19.4 Å². The van der Waals surface area contributed by atoms with Crippen molar-refractivity contribution in [2.45, 2.75) is 18.9 Å². The van der Waals surface area contributed by atoms with Gasteiger partial charge in [0.2, 0.25) is 5.91 Å². The molecule has 0 spiro atoms. The lowest BCUT2D eigenvalue weighted by molar-refractivity contribution is -0.146. The van der Waals surface area contributed by atoms with Crippen molar-refractivity contribution in [3.63, 3.8) is 0 Å². The highest BCUT2D eigenvalue weighted by Gasteiger charge is 2.19. The minimum Gasteiger partial charge on any atom is -0.467 e. The summed E-state index contributed by atoms with van der Waals surface area (Å²) in [5.41, 5.74) is 0.797. The topological polar surface area (TPSA) is 88.5 Å². The molecule has 1 aromatic heterocycles. The SMILES string of the molecule is COC(=O)C(CO)NC(=O)CCc1ccccn1. The summed E-state index contributed by atoms with van der Waals surface area (Å²) >= 11 is 0. The van der Waals surface area contributed by atoms with Gasteiger partial charge in [0.15, 0.2) is 6.04 Å². The molecular weight excluding hydrogens is 236 g/mol. The van der Waals surface area contributed by atoms with Gasteiger partial charge in [-0.2, -0.15) is 0 Å². The van der Waals surface area contributed by atoms with Gasteiger partial charge in [-0.1, -0.05) is 6.07 Å². The molecule has 0 bridgehead atoms. The van der Waals surface area contributed by atoms with Gasteiger partial charge in [-0.15, -0.1) is 0 Å². The summed E-state index contributed by atoms with van der Waals surface area (Å²) in [6, 6.07) is 4.44. The Bertz CT molecular complexity index is 394. The van der Waals surface area contributed by atoms with E-state index >= 15 is 0 Å². The molecule has 0 radical (unpaired) electrons. The van der Waals surface area contributed by atoms with E-state index in [1.165, 1.54) is 7.11 Å². The number of hydrogen-bond donors (Lipinski definition) is 2. The zero-order chi connectivity index (χ0) is 13.4. The van der Waals surface area contributed by atoms with Crippen LogP contribution in [0.25, 0.3) is 0 Å². The third kappa shape index (κ3) is 4.50. The van der Waals surface area contributed by atoms with E-state index in [1.807, 2.05) is 12.1 Å². The monoisotopic (exact) mass is 252 g/mol. The second-order valence-corrected chi connectivity index (χ2v) is 3.65. The summed E-state index contributed by atoms with van der Waals surface area (Å²) in [6.45, 7) is -0.484. The van der Waals surface area contributed by atoms with Crippen molar-refractivity contribution in [1.82, 2.24) is 10.3 Å². The number of esters is 1. The van der Waals surface area contributed by atoms with E-state index in [0.29, 0.717) is 6.42 Å². The highest BCUT2D eigenvalue weighted by molar-refractivity contribution is 5.84.